The Bertz CT molecular complexity index is 2750. The molecule has 0 unspecified atom stereocenters. The maximum atomic E-state index is 5.21. The molecule has 54 heavy (non-hydrogen) atoms. The van der Waals surface area contributed by atoms with Crippen molar-refractivity contribution >= 4 is 32.6 Å². The van der Waals surface area contributed by atoms with Crippen molar-refractivity contribution in [2.24, 2.45) is 0 Å². The van der Waals surface area contributed by atoms with Crippen LogP contribution in [-0.4, -0.2) is 19.9 Å². The molecular weight excluding hydrogens is 657 g/mol. The quantitative estimate of drug-likeness (QED) is 0.174. The largest absolute Gasteiger partial charge is 0.265 e. The summed E-state index contributed by atoms with van der Waals surface area (Å²) in [7, 11) is 0. The van der Waals surface area contributed by atoms with E-state index in [4.69, 9.17) is 9.97 Å². The SMILES string of the molecule is c1ccc2nc(-c3ccc(-c4ccc(-c5ccncc5)c5ccccc45)cc3)c(-c3ccc(-c4ccc(-c5ccncc5)c5ccccc45)cc3)nc2c1. The lowest BCUT2D eigenvalue weighted by molar-refractivity contribution is 1.29. The number of para-hydroxylation sites is 2. The highest BCUT2D eigenvalue weighted by molar-refractivity contribution is 6.06. The third kappa shape index (κ3) is 5.58. The zero-order chi connectivity index (χ0) is 35.8. The van der Waals surface area contributed by atoms with E-state index in [0.29, 0.717) is 0 Å². The van der Waals surface area contributed by atoms with Gasteiger partial charge in [0.05, 0.1) is 22.4 Å². The van der Waals surface area contributed by atoms with Crippen molar-refractivity contribution in [2.45, 2.75) is 0 Å². The van der Waals surface area contributed by atoms with E-state index in [9.17, 15) is 0 Å². The smallest absolute Gasteiger partial charge is 0.0973 e. The lowest BCUT2D eigenvalue weighted by atomic mass is 9.91. The topological polar surface area (TPSA) is 51.6 Å². The van der Waals surface area contributed by atoms with Crippen LogP contribution in [-0.2, 0) is 0 Å². The minimum Gasteiger partial charge on any atom is -0.265 e. The molecule has 0 aliphatic heterocycles. The predicted octanol–water partition coefficient (Wildman–Crippen LogP) is 12.7. The van der Waals surface area contributed by atoms with Crippen LogP contribution >= 0.6 is 0 Å². The summed E-state index contributed by atoms with van der Waals surface area (Å²) in [5, 5.41) is 4.86. The van der Waals surface area contributed by atoms with E-state index in [2.05, 4.69) is 156 Å². The number of hydrogen-bond acceptors (Lipinski definition) is 4. The Morgan fingerprint density at radius 1 is 0.241 bits per heavy atom. The summed E-state index contributed by atoms with van der Waals surface area (Å²) in [6.07, 6.45) is 7.39. The standard InChI is InChI=1S/C50H32N4/c1-3-9-45-41(35-25-29-51-30-26-35)23-21-39(43(45)7-1)33-13-17-37(18-14-33)49-50(54-48-12-6-5-11-47(48)53-49)38-19-15-34(16-20-38)40-22-24-42(36-27-31-52-32-28-36)46-10-4-2-8-44(40)46/h1-32H. The number of aromatic nitrogens is 4. The first-order valence-corrected chi connectivity index (χ1v) is 18.1. The van der Waals surface area contributed by atoms with E-state index >= 15 is 0 Å². The zero-order valence-electron chi connectivity index (χ0n) is 29.3. The van der Waals surface area contributed by atoms with Crippen LogP contribution in [0.5, 0.6) is 0 Å². The molecule has 3 aromatic heterocycles. The first kappa shape index (κ1) is 31.4. The van der Waals surface area contributed by atoms with E-state index in [-0.39, 0.29) is 0 Å². The first-order valence-electron chi connectivity index (χ1n) is 18.1. The molecule has 0 aliphatic carbocycles. The van der Waals surface area contributed by atoms with Crippen molar-refractivity contribution < 1.29 is 0 Å². The van der Waals surface area contributed by atoms with Crippen molar-refractivity contribution in [1.29, 1.82) is 0 Å². The molecule has 0 bridgehead atoms. The Labute approximate surface area is 313 Å². The number of rotatable bonds is 6. The lowest BCUT2D eigenvalue weighted by Crippen LogP contribution is -1.96. The molecule has 7 aromatic carbocycles. The molecule has 0 saturated heterocycles. The third-order valence-corrected chi connectivity index (χ3v) is 10.3. The van der Waals surface area contributed by atoms with Gasteiger partial charge >= 0.3 is 0 Å². The van der Waals surface area contributed by atoms with E-state index < -0.39 is 0 Å². The fraction of sp³-hybridized carbons (Fsp3) is 0. The number of hydrogen-bond donors (Lipinski definition) is 0. The highest BCUT2D eigenvalue weighted by Gasteiger charge is 2.16. The van der Waals surface area contributed by atoms with Crippen LogP contribution in [0.15, 0.2) is 195 Å². The van der Waals surface area contributed by atoms with Gasteiger partial charge in [0.25, 0.3) is 0 Å². The van der Waals surface area contributed by atoms with E-state index in [0.717, 1.165) is 55.8 Å². The van der Waals surface area contributed by atoms with Gasteiger partial charge in [0.15, 0.2) is 0 Å². The van der Waals surface area contributed by atoms with Gasteiger partial charge in [-0.15, -0.1) is 0 Å². The fourth-order valence-electron chi connectivity index (χ4n) is 7.69. The van der Waals surface area contributed by atoms with E-state index in [1.54, 1.807) is 0 Å². The monoisotopic (exact) mass is 688 g/mol. The van der Waals surface area contributed by atoms with Gasteiger partial charge in [-0.3, -0.25) is 9.97 Å². The minimum absolute atomic E-state index is 0.859. The first-order chi connectivity index (χ1) is 26.8. The van der Waals surface area contributed by atoms with Crippen molar-refractivity contribution in [3.63, 3.8) is 0 Å². The second-order valence-electron chi connectivity index (χ2n) is 13.4. The van der Waals surface area contributed by atoms with Crippen molar-refractivity contribution in [3.8, 4) is 67.0 Å². The average Bonchev–Trinajstić information content (AvgIpc) is 3.26. The van der Waals surface area contributed by atoms with Crippen LogP contribution in [0.25, 0.3) is 99.6 Å². The van der Waals surface area contributed by atoms with Gasteiger partial charge in [-0.2, -0.15) is 0 Å². The van der Waals surface area contributed by atoms with Gasteiger partial charge in [0.2, 0.25) is 0 Å². The fourth-order valence-corrected chi connectivity index (χ4v) is 7.69. The van der Waals surface area contributed by atoms with Gasteiger partial charge in [-0.1, -0.05) is 133 Å². The maximum Gasteiger partial charge on any atom is 0.0973 e. The Morgan fingerprint density at radius 3 is 0.852 bits per heavy atom. The minimum atomic E-state index is 0.859. The van der Waals surface area contributed by atoms with Crippen LogP contribution in [0.1, 0.15) is 0 Å². The molecule has 0 radical (unpaired) electrons. The maximum absolute atomic E-state index is 5.21. The molecule has 4 heteroatoms. The average molecular weight is 689 g/mol. The summed E-state index contributed by atoms with van der Waals surface area (Å²) in [5.41, 5.74) is 14.9. The molecule has 0 amide bonds. The van der Waals surface area contributed by atoms with Crippen LogP contribution in [0.3, 0.4) is 0 Å². The van der Waals surface area contributed by atoms with Crippen molar-refractivity contribution in [1.82, 2.24) is 19.9 Å². The van der Waals surface area contributed by atoms with E-state index in [1.165, 1.54) is 43.8 Å². The van der Waals surface area contributed by atoms with E-state index in [1.807, 2.05) is 49.1 Å². The Hall–Kier alpha value is -7.30. The summed E-state index contributed by atoms with van der Waals surface area (Å²) in [5.74, 6) is 0. The molecule has 10 aromatic rings. The van der Waals surface area contributed by atoms with Crippen molar-refractivity contribution in [3.05, 3.63) is 195 Å². The Kier molecular flexibility index (Phi) is 7.77. The number of benzene rings is 7. The van der Waals surface area contributed by atoms with Crippen molar-refractivity contribution in [2.75, 3.05) is 0 Å². The van der Waals surface area contributed by atoms with Crippen LogP contribution in [0.2, 0.25) is 0 Å². The third-order valence-electron chi connectivity index (χ3n) is 10.3. The predicted molar refractivity (Wildman–Crippen MR) is 223 cm³/mol. The number of nitrogens with zero attached hydrogens (tertiary/aromatic N) is 4. The number of fused-ring (bicyclic) bond motifs is 3. The highest BCUT2D eigenvalue weighted by atomic mass is 14.8. The van der Waals surface area contributed by atoms with Gasteiger partial charge in [-0.25, -0.2) is 9.97 Å². The molecule has 0 N–H and O–H groups in total. The van der Waals surface area contributed by atoms with Gasteiger partial charge < -0.3 is 0 Å². The second-order valence-corrected chi connectivity index (χ2v) is 13.4. The summed E-state index contributed by atoms with van der Waals surface area (Å²) in [6, 6.07) is 60.0. The second kappa shape index (κ2) is 13.4. The van der Waals surface area contributed by atoms with Gasteiger partial charge in [0, 0.05) is 35.9 Å². The summed E-state index contributed by atoms with van der Waals surface area (Å²) in [4.78, 5) is 18.9. The Morgan fingerprint density at radius 2 is 0.519 bits per heavy atom. The summed E-state index contributed by atoms with van der Waals surface area (Å²) in [6.45, 7) is 0. The highest BCUT2D eigenvalue weighted by Crippen LogP contribution is 2.39. The van der Waals surface area contributed by atoms with Crippen LogP contribution < -0.4 is 0 Å². The molecular formula is C50H32N4. The molecule has 0 saturated carbocycles. The molecule has 0 spiro atoms. The molecule has 0 atom stereocenters. The van der Waals surface area contributed by atoms with Gasteiger partial charge in [0.1, 0.15) is 0 Å². The van der Waals surface area contributed by atoms with Crippen LogP contribution in [0, 0.1) is 0 Å². The normalized spacial score (nSPS) is 11.3. The molecule has 3 heterocycles. The molecule has 0 fully saturated rings. The summed E-state index contributed by atoms with van der Waals surface area (Å²) < 4.78 is 0. The lowest BCUT2D eigenvalue weighted by Gasteiger charge is -2.14. The van der Waals surface area contributed by atoms with Gasteiger partial charge in [-0.05, 0) is 102 Å². The molecule has 4 nitrogen and oxygen atoms in total. The number of pyridine rings is 2. The molecule has 252 valence electrons. The summed E-state index contributed by atoms with van der Waals surface area (Å²) >= 11 is 0. The molecule has 0 aliphatic rings. The van der Waals surface area contributed by atoms with Crippen LogP contribution in [0.4, 0.5) is 0 Å². The zero-order valence-corrected chi connectivity index (χ0v) is 29.3. The Balaban J connectivity index is 1.04. The molecule has 10 rings (SSSR count).